The normalized spacial score (nSPS) is 17.0. The summed E-state index contributed by atoms with van der Waals surface area (Å²) in [6.45, 7) is 6.25. The number of aromatic nitrogens is 1. The topological polar surface area (TPSA) is 79.7 Å². The van der Waals surface area contributed by atoms with Crippen molar-refractivity contribution in [2.24, 2.45) is 5.92 Å². The first-order chi connectivity index (χ1) is 15.0. The molecule has 0 radical (unpaired) electrons. The third kappa shape index (κ3) is 4.93. The molecule has 0 aliphatic carbocycles. The van der Waals surface area contributed by atoms with Gasteiger partial charge in [0.2, 0.25) is 5.91 Å². The van der Waals surface area contributed by atoms with E-state index in [4.69, 9.17) is 14.6 Å². The molecule has 1 spiro atoms. The largest absolute Gasteiger partial charge is 0.490 e. The molecule has 172 valence electrons. The Morgan fingerprint density at radius 2 is 1.81 bits per heavy atom. The number of hydrogen-bond acceptors (Lipinski definition) is 4. The predicted octanol–water partition coefficient (Wildman–Crippen LogP) is 4.43. The molecule has 0 saturated carbocycles. The second-order valence-electron chi connectivity index (χ2n) is 8.25. The van der Waals surface area contributed by atoms with Crippen molar-refractivity contribution in [2.75, 3.05) is 24.7 Å². The van der Waals surface area contributed by atoms with Crippen molar-refractivity contribution in [1.29, 1.82) is 0 Å². The lowest BCUT2D eigenvalue weighted by molar-refractivity contribution is -0.192. The van der Waals surface area contributed by atoms with Gasteiger partial charge < -0.3 is 14.7 Å². The molecular weight excluding hydrogens is 425 g/mol. The van der Waals surface area contributed by atoms with Gasteiger partial charge in [-0.15, -0.1) is 0 Å². The summed E-state index contributed by atoms with van der Waals surface area (Å²) >= 11 is 0. The molecule has 1 aromatic carbocycles. The van der Waals surface area contributed by atoms with E-state index >= 15 is 0 Å². The number of fused-ring (bicyclic) bond motifs is 2. The van der Waals surface area contributed by atoms with Crippen LogP contribution in [-0.4, -0.2) is 47.9 Å². The molecule has 32 heavy (non-hydrogen) atoms. The summed E-state index contributed by atoms with van der Waals surface area (Å²) in [6.07, 6.45) is 0.543. The van der Waals surface area contributed by atoms with Crippen molar-refractivity contribution >= 4 is 17.6 Å². The molecule has 3 heterocycles. The number of nitrogens with zero attached hydrogens (tertiary/aromatic N) is 2. The van der Waals surface area contributed by atoms with Crippen molar-refractivity contribution in [3.8, 4) is 11.1 Å². The van der Waals surface area contributed by atoms with Gasteiger partial charge >= 0.3 is 12.1 Å². The lowest BCUT2D eigenvalue weighted by Gasteiger charge is -2.34. The molecule has 2 aliphatic heterocycles. The lowest BCUT2D eigenvalue weighted by atomic mass is 9.75. The Kier molecular flexibility index (Phi) is 6.88. The molecule has 1 N–H and O–H groups in total. The number of alkyl halides is 3. The van der Waals surface area contributed by atoms with Gasteiger partial charge in [-0.25, -0.2) is 4.79 Å². The second-order valence-corrected chi connectivity index (χ2v) is 8.25. The summed E-state index contributed by atoms with van der Waals surface area (Å²) in [5.74, 6) is -2.55. The molecule has 0 bridgehead atoms. The van der Waals surface area contributed by atoms with Crippen LogP contribution in [0, 0.1) is 5.92 Å². The summed E-state index contributed by atoms with van der Waals surface area (Å²) < 4.78 is 37.4. The van der Waals surface area contributed by atoms with E-state index in [1.54, 1.807) is 6.20 Å². The number of halogens is 3. The van der Waals surface area contributed by atoms with Crippen molar-refractivity contribution in [1.82, 2.24) is 4.98 Å². The smallest absolute Gasteiger partial charge is 0.475 e. The molecule has 0 unspecified atom stereocenters. The minimum absolute atomic E-state index is 0.000778. The molecule has 1 aromatic heterocycles. The Labute approximate surface area is 184 Å². The van der Waals surface area contributed by atoms with E-state index in [0.29, 0.717) is 0 Å². The average Bonchev–Trinajstić information content (AvgIpc) is 3.07. The monoisotopic (exact) mass is 450 g/mol. The molecule has 6 nitrogen and oxygen atoms in total. The first-order valence-electron chi connectivity index (χ1n) is 10.3. The van der Waals surface area contributed by atoms with Crippen LogP contribution >= 0.6 is 0 Å². The molecule has 0 atom stereocenters. The number of ether oxygens (including phenoxy) is 1. The van der Waals surface area contributed by atoms with Crippen LogP contribution in [0.25, 0.3) is 11.1 Å². The molecule has 1 fully saturated rings. The number of amides is 1. The number of carboxylic acids is 1. The number of rotatable bonds is 2. The molecule has 2 aliphatic rings. The highest BCUT2D eigenvalue weighted by molar-refractivity contribution is 5.98. The number of benzene rings is 1. The van der Waals surface area contributed by atoms with Gasteiger partial charge in [0.15, 0.2) is 0 Å². The zero-order valence-corrected chi connectivity index (χ0v) is 17.9. The van der Waals surface area contributed by atoms with Crippen molar-refractivity contribution in [3.63, 3.8) is 0 Å². The molecular formula is C23H25F3N2O4. The number of anilines is 1. The number of carbonyl (C=O) groups is 2. The molecule has 4 rings (SSSR count). The number of carboxylic acid groups (broad SMARTS) is 1. The first kappa shape index (κ1) is 23.7. The molecule has 1 saturated heterocycles. The van der Waals surface area contributed by atoms with Gasteiger partial charge in [-0.05, 0) is 47.7 Å². The molecule has 1 amide bonds. The van der Waals surface area contributed by atoms with E-state index in [0.717, 1.165) is 49.4 Å². The second kappa shape index (κ2) is 9.28. The predicted molar refractivity (Wildman–Crippen MR) is 112 cm³/mol. The van der Waals surface area contributed by atoms with Crippen molar-refractivity contribution in [3.05, 3.63) is 48.3 Å². The Morgan fingerprint density at radius 3 is 2.34 bits per heavy atom. The van der Waals surface area contributed by atoms with Gasteiger partial charge in [-0.3, -0.25) is 9.78 Å². The standard InChI is InChI=1S/C21H24N2O2.C2HF3O2/c1-15(2)20(24)23-14-21(7-10-25-11-8-21)18-12-16(5-6-19(18)23)17-4-3-9-22-13-17;3-2(4,5)1(6)7/h3-6,9,12-13,15H,7-8,10-11,14H2,1-2H3;(H,6,7). The third-order valence-corrected chi connectivity index (χ3v) is 5.77. The van der Waals surface area contributed by atoms with Crippen LogP contribution in [0.15, 0.2) is 42.7 Å². The Morgan fingerprint density at radius 1 is 1.16 bits per heavy atom. The van der Waals surface area contributed by atoms with E-state index in [1.165, 1.54) is 5.56 Å². The van der Waals surface area contributed by atoms with Gasteiger partial charge in [0.05, 0.1) is 0 Å². The quantitative estimate of drug-likeness (QED) is 0.732. The van der Waals surface area contributed by atoms with Gasteiger partial charge in [-0.2, -0.15) is 13.2 Å². The minimum Gasteiger partial charge on any atom is -0.475 e. The fraction of sp³-hybridized carbons (Fsp3) is 0.435. The van der Waals surface area contributed by atoms with Gasteiger partial charge in [0.25, 0.3) is 0 Å². The summed E-state index contributed by atoms with van der Waals surface area (Å²) in [5, 5.41) is 7.12. The maximum Gasteiger partial charge on any atom is 0.490 e. The third-order valence-electron chi connectivity index (χ3n) is 5.77. The molecule has 9 heteroatoms. The van der Waals surface area contributed by atoms with Crippen LogP contribution in [0.4, 0.5) is 18.9 Å². The van der Waals surface area contributed by atoms with E-state index in [1.807, 2.05) is 31.0 Å². The van der Waals surface area contributed by atoms with Crippen LogP contribution in [0.3, 0.4) is 0 Å². The summed E-state index contributed by atoms with van der Waals surface area (Å²) in [6, 6.07) is 10.5. The van der Waals surface area contributed by atoms with Crippen LogP contribution in [0.2, 0.25) is 0 Å². The van der Waals surface area contributed by atoms with Crippen LogP contribution in [0.1, 0.15) is 32.3 Å². The van der Waals surface area contributed by atoms with E-state index in [-0.39, 0.29) is 17.2 Å². The average molecular weight is 450 g/mol. The van der Waals surface area contributed by atoms with E-state index in [2.05, 4.69) is 29.2 Å². The summed E-state index contributed by atoms with van der Waals surface area (Å²) in [5.41, 5.74) is 4.67. The maximum atomic E-state index is 12.8. The lowest BCUT2D eigenvalue weighted by Crippen LogP contribution is -2.41. The van der Waals surface area contributed by atoms with Crippen LogP contribution < -0.4 is 4.90 Å². The highest BCUT2D eigenvalue weighted by Crippen LogP contribution is 2.48. The number of hydrogen-bond donors (Lipinski definition) is 1. The summed E-state index contributed by atoms with van der Waals surface area (Å²) in [7, 11) is 0. The maximum absolute atomic E-state index is 12.8. The van der Waals surface area contributed by atoms with Crippen LogP contribution in [0.5, 0.6) is 0 Å². The van der Waals surface area contributed by atoms with Crippen molar-refractivity contribution < 1.29 is 32.6 Å². The Bertz CT molecular complexity index is 971. The fourth-order valence-electron chi connectivity index (χ4n) is 4.08. The SMILES string of the molecule is CC(C)C(=O)N1CC2(CCOCC2)c2cc(-c3cccnc3)ccc21.O=C(O)C(F)(F)F. The van der Waals surface area contributed by atoms with Crippen molar-refractivity contribution in [2.45, 2.75) is 38.3 Å². The highest BCUT2D eigenvalue weighted by Gasteiger charge is 2.46. The van der Waals surface area contributed by atoms with Gasteiger partial charge in [0, 0.05) is 49.2 Å². The van der Waals surface area contributed by atoms with E-state index < -0.39 is 12.1 Å². The van der Waals surface area contributed by atoms with Gasteiger partial charge in [-0.1, -0.05) is 26.0 Å². The van der Waals surface area contributed by atoms with E-state index in [9.17, 15) is 18.0 Å². The minimum atomic E-state index is -5.08. The fourth-order valence-corrected chi connectivity index (χ4v) is 4.08. The zero-order valence-electron chi connectivity index (χ0n) is 17.9. The number of aliphatic carboxylic acids is 1. The number of carbonyl (C=O) groups excluding carboxylic acids is 1. The zero-order chi connectivity index (χ0) is 23.5. The molecule has 2 aromatic rings. The number of pyridine rings is 1. The van der Waals surface area contributed by atoms with Crippen LogP contribution in [-0.2, 0) is 19.7 Å². The Hall–Kier alpha value is -2.94. The first-order valence-corrected chi connectivity index (χ1v) is 10.3. The highest BCUT2D eigenvalue weighted by atomic mass is 19.4. The van der Waals surface area contributed by atoms with Gasteiger partial charge in [0.1, 0.15) is 0 Å². The summed E-state index contributed by atoms with van der Waals surface area (Å²) in [4.78, 5) is 27.9. The Balaban J connectivity index is 0.000000360.